The van der Waals surface area contributed by atoms with Crippen molar-refractivity contribution >= 4 is 0 Å². The number of ether oxygens (including phenoxy) is 1. The molecule has 4 rings (SSSR count). The zero-order chi connectivity index (χ0) is 18.4. The van der Waals surface area contributed by atoms with E-state index in [1.54, 1.807) is 6.20 Å². The second kappa shape index (κ2) is 6.89. The fourth-order valence-corrected chi connectivity index (χ4v) is 5.48. The van der Waals surface area contributed by atoms with Gasteiger partial charge in [-0.05, 0) is 31.1 Å². The number of rotatable bonds is 5. The van der Waals surface area contributed by atoms with E-state index >= 15 is 0 Å². The number of aliphatic hydroxyl groups is 1. The first kappa shape index (κ1) is 18.4. The second-order valence-corrected chi connectivity index (χ2v) is 9.41. The Labute approximate surface area is 157 Å². The van der Waals surface area contributed by atoms with E-state index in [-0.39, 0.29) is 5.41 Å². The molecule has 26 heavy (non-hydrogen) atoms. The molecule has 4 heterocycles. The third kappa shape index (κ3) is 3.57. The molecule has 0 spiro atoms. The molecule has 3 fully saturated rings. The number of aryl methyl sites for hydroxylation is 1. The quantitative estimate of drug-likeness (QED) is 0.862. The van der Waals surface area contributed by atoms with E-state index in [2.05, 4.69) is 28.6 Å². The zero-order valence-electron chi connectivity index (χ0n) is 16.5. The molecule has 2 bridgehead atoms. The van der Waals surface area contributed by atoms with Gasteiger partial charge in [0.1, 0.15) is 11.4 Å². The molecule has 146 valence electrons. The van der Waals surface area contributed by atoms with Crippen LogP contribution >= 0.6 is 0 Å². The van der Waals surface area contributed by atoms with Crippen molar-refractivity contribution in [2.24, 2.45) is 12.5 Å². The summed E-state index contributed by atoms with van der Waals surface area (Å²) in [6.45, 7) is 10.8. The Morgan fingerprint density at radius 3 is 2.42 bits per heavy atom. The van der Waals surface area contributed by atoms with Crippen LogP contribution in [0.1, 0.15) is 45.4 Å². The summed E-state index contributed by atoms with van der Waals surface area (Å²) in [7, 11) is 1.99. The molecule has 1 aromatic rings. The van der Waals surface area contributed by atoms with Crippen molar-refractivity contribution in [3.63, 3.8) is 0 Å². The minimum atomic E-state index is -0.769. The van der Waals surface area contributed by atoms with Crippen molar-refractivity contribution in [1.29, 1.82) is 0 Å². The van der Waals surface area contributed by atoms with Gasteiger partial charge in [-0.1, -0.05) is 13.8 Å². The fourth-order valence-electron chi connectivity index (χ4n) is 5.48. The molecule has 0 saturated carbocycles. The van der Waals surface area contributed by atoms with E-state index in [4.69, 9.17) is 4.74 Å². The highest BCUT2D eigenvalue weighted by molar-refractivity contribution is 5.12. The minimum absolute atomic E-state index is 0.247. The predicted octanol–water partition coefficient (Wildman–Crippen LogP) is 1.59. The van der Waals surface area contributed by atoms with Gasteiger partial charge in [-0.2, -0.15) is 0 Å². The van der Waals surface area contributed by atoms with E-state index in [1.807, 2.05) is 17.8 Å². The van der Waals surface area contributed by atoms with Crippen LogP contribution in [-0.2, 0) is 17.4 Å². The Morgan fingerprint density at radius 2 is 1.85 bits per heavy atom. The maximum atomic E-state index is 11.3. The second-order valence-electron chi connectivity index (χ2n) is 9.41. The smallest absolute Gasteiger partial charge is 0.140 e. The summed E-state index contributed by atoms with van der Waals surface area (Å²) >= 11 is 0. The molecule has 0 aliphatic carbocycles. The summed E-state index contributed by atoms with van der Waals surface area (Å²) in [6.07, 6.45) is 7.75. The number of hydrogen-bond acceptors (Lipinski definition) is 5. The molecular formula is C20H34N4O2. The van der Waals surface area contributed by atoms with Crippen LogP contribution in [0.2, 0.25) is 0 Å². The summed E-state index contributed by atoms with van der Waals surface area (Å²) in [5.41, 5.74) is -0.522. The van der Waals surface area contributed by atoms with Crippen LogP contribution in [0.15, 0.2) is 12.4 Å². The van der Waals surface area contributed by atoms with E-state index in [0.717, 1.165) is 58.1 Å². The number of hydrogen-bond donors (Lipinski definition) is 1. The van der Waals surface area contributed by atoms with E-state index in [0.29, 0.717) is 12.1 Å². The lowest BCUT2D eigenvalue weighted by atomic mass is 9.83. The van der Waals surface area contributed by atoms with Crippen LogP contribution in [0.4, 0.5) is 0 Å². The summed E-state index contributed by atoms with van der Waals surface area (Å²) in [4.78, 5) is 9.69. The highest BCUT2D eigenvalue weighted by Gasteiger charge is 2.50. The highest BCUT2D eigenvalue weighted by atomic mass is 16.5. The molecule has 6 heteroatoms. The Morgan fingerprint density at radius 1 is 1.19 bits per heavy atom. The average Bonchev–Trinajstić information content (AvgIpc) is 3.10. The van der Waals surface area contributed by atoms with Crippen LogP contribution in [0, 0.1) is 5.41 Å². The summed E-state index contributed by atoms with van der Waals surface area (Å²) < 4.78 is 7.47. The zero-order valence-corrected chi connectivity index (χ0v) is 16.5. The summed E-state index contributed by atoms with van der Waals surface area (Å²) in [6, 6.07) is 0.943. The number of nitrogens with zero attached hydrogens (tertiary/aromatic N) is 4. The molecule has 0 radical (unpaired) electrons. The van der Waals surface area contributed by atoms with Crippen LogP contribution in [0.25, 0.3) is 0 Å². The van der Waals surface area contributed by atoms with Crippen molar-refractivity contribution < 1.29 is 9.84 Å². The number of piperidine rings is 1. The molecule has 1 N–H and O–H groups in total. The minimum Gasteiger partial charge on any atom is -0.382 e. The number of imidazole rings is 1. The maximum Gasteiger partial charge on any atom is 0.140 e. The van der Waals surface area contributed by atoms with Crippen molar-refractivity contribution in [2.75, 3.05) is 39.4 Å². The highest BCUT2D eigenvalue weighted by Crippen LogP contribution is 2.46. The Kier molecular flexibility index (Phi) is 4.88. The topological polar surface area (TPSA) is 53.8 Å². The van der Waals surface area contributed by atoms with Gasteiger partial charge < -0.3 is 14.4 Å². The van der Waals surface area contributed by atoms with Crippen molar-refractivity contribution in [3.8, 4) is 0 Å². The van der Waals surface area contributed by atoms with E-state index in [1.165, 1.54) is 12.8 Å². The SMILES string of the molecule is Cn1ccnc1C1(O)C[C@H]2CC[C@@H](C1)N2CC(C)(C)CN1CCOCC1. The first-order valence-corrected chi connectivity index (χ1v) is 10.1. The molecule has 3 aliphatic rings. The standard InChI is InChI=1S/C20H34N4O2/c1-19(2,14-23-8-10-26-11-9-23)15-24-16-4-5-17(24)13-20(25,12-16)18-21-6-7-22(18)3/h6-7,16-17,25H,4-5,8-15H2,1-3H3/t16-,17+,20?. The van der Waals surface area contributed by atoms with E-state index < -0.39 is 5.60 Å². The summed E-state index contributed by atoms with van der Waals surface area (Å²) in [5.74, 6) is 0.835. The summed E-state index contributed by atoms with van der Waals surface area (Å²) in [5, 5.41) is 11.3. The Balaban J connectivity index is 1.42. The molecule has 3 saturated heterocycles. The predicted molar refractivity (Wildman–Crippen MR) is 101 cm³/mol. The van der Waals surface area contributed by atoms with E-state index in [9.17, 15) is 5.11 Å². The Bertz CT molecular complexity index is 609. The molecule has 0 amide bonds. The van der Waals surface area contributed by atoms with Gasteiger partial charge >= 0.3 is 0 Å². The normalized spacial score (nSPS) is 33.7. The molecule has 3 aliphatic heterocycles. The maximum absolute atomic E-state index is 11.3. The Hall–Kier alpha value is -0.950. The van der Waals surface area contributed by atoms with Gasteiger partial charge in [0.15, 0.2) is 0 Å². The lowest BCUT2D eigenvalue weighted by Gasteiger charge is -2.47. The van der Waals surface area contributed by atoms with Gasteiger partial charge in [0.2, 0.25) is 0 Å². The lowest BCUT2D eigenvalue weighted by molar-refractivity contribution is -0.0753. The van der Waals surface area contributed by atoms with Crippen LogP contribution in [-0.4, -0.2) is 75.9 Å². The third-order valence-electron chi connectivity index (χ3n) is 6.52. The number of fused-ring (bicyclic) bond motifs is 2. The van der Waals surface area contributed by atoms with Crippen LogP contribution in [0.3, 0.4) is 0 Å². The van der Waals surface area contributed by atoms with Crippen LogP contribution < -0.4 is 0 Å². The van der Waals surface area contributed by atoms with Gasteiger partial charge in [-0.25, -0.2) is 4.98 Å². The molecule has 0 aromatic carbocycles. The molecule has 1 unspecified atom stereocenters. The first-order valence-electron chi connectivity index (χ1n) is 10.1. The van der Waals surface area contributed by atoms with Gasteiger partial charge in [0.25, 0.3) is 0 Å². The first-order chi connectivity index (χ1) is 12.4. The fraction of sp³-hybridized carbons (Fsp3) is 0.850. The van der Waals surface area contributed by atoms with Gasteiger partial charge in [0.05, 0.1) is 13.2 Å². The monoisotopic (exact) mass is 362 g/mol. The van der Waals surface area contributed by atoms with Crippen molar-refractivity contribution in [3.05, 3.63) is 18.2 Å². The number of aromatic nitrogens is 2. The largest absolute Gasteiger partial charge is 0.382 e. The van der Waals surface area contributed by atoms with Crippen molar-refractivity contribution in [2.45, 2.75) is 57.2 Å². The van der Waals surface area contributed by atoms with Crippen molar-refractivity contribution in [1.82, 2.24) is 19.4 Å². The lowest BCUT2D eigenvalue weighted by Crippen LogP contribution is -2.54. The average molecular weight is 363 g/mol. The number of morpholine rings is 1. The molecular weight excluding hydrogens is 328 g/mol. The third-order valence-corrected chi connectivity index (χ3v) is 6.52. The van der Waals surface area contributed by atoms with Gasteiger partial charge in [-0.15, -0.1) is 0 Å². The molecule has 1 aromatic heterocycles. The van der Waals surface area contributed by atoms with Crippen LogP contribution in [0.5, 0.6) is 0 Å². The van der Waals surface area contributed by atoms with Gasteiger partial charge in [0, 0.05) is 57.7 Å². The van der Waals surface area contributed by atoms with Gasteiger partial charge in [-0.3, -0.25) is 9.80 Å². The molecule has 3 atom stereocenters. The molecule has 6 nitrogen and oxygen atoms in total.